The van der Waals surface area contributed by atoms with Crippen molar-refractivity contribution in [2.75, 3.05) is 19.6 Å². The molecular formula is C16H32N2. The largest absolute Gasteiger partial charge is 0.312 e. The molecule has 2 nitrogen and oxygen atoms in total. The summed E-state index contributed by atoms with van der Waals surface area (Å²) in [6.45, 7) is 11.0. The van der Waals surface area contributed by atoms with Crippen LogP contribution in [0.2, 0.25) is 0 Å². The summed E-state index contributed by atoms with van der Waals surface area (Å²) in [4.78, 5) is 2.71. The molecule has 0 spiro atoms. The summed E-state index contributed by atoms with van der Waals surface area (Å²) < 4.78 is 0. The second kappa shape index (κ2) is 6.91. The second-order valence-electron chi connectivity index (χ2n) is 6.92. The predicted octanol–water partition coefficient (Wildman–Crippen LogP) is 3.28. The fourth-order valence-electron chi connectivity index (χ4n) is 3.61. The Balaban J connectivity index is 1.75. The van der Waals surface area contributed by atoms with Crippen LogP contribution in [0.3, 0.4) is 0 Å². The molecule has 1 saturated carbocycles. The fourth-order valence-corrected chi connectivity index (χ4v) is 3.61. The summed E-state index contributed by atoms with van der Waals surface area (Å²) >= 11 is 0. The quantitative estimate of drug-likeness (QED) is 0.808. The summed E-state index contributed by atoms with van der Waals surface area (Å²) in [6, 6.07) is 1.55. The average molecular weight is 252 g/mol. The Morgan fingerprint density at radius 2 is 1.67 bits per heavy atom. The molecule has 0 radical (unpaired) electrons. The first-order valence-corrected chi connectivity index (χ1v) is 8.14. The Kier molecular flexibility index (Phi) is 5.50. The average Bonchev–Trinajstić information content (AvgIpc) is 2.85. The standard InChI is InChI=1S/C16H32N2/c1-13(2)16(18-10-4-5-11-18)12-17-15-8-6-14(3)7-9-15/h13-17H,4-12H2,1-3H3. The third-order valence-corrected chi connectivity index (χ3v) is 5.01. The van der Waals surface area contributed by atoms with Crippen molar-refractivity contribution in [3.8, 4) is 0 Å². The number of hydrogen-bond donors (Lipinski definition) is 1. The summed E-state index contributed by atoms with van der Waals surface area (Å²) in [7, 11) is 0. The monoisotopic (exact) mass is 252 g/mol. The van der Waals surface area contributed by atoms with Crippen LogP contribution >= 0.6 is 0 Å². The normalized spacial score (nSPS) is 32.0. The Labute approximate surface area is 114 Å². The highest BCUT2D eigenvalue weighted by molar-refractivity contribution is 4.83. The van der Waals surface area contributed by atoms with Crippen molar-refractivity contribution in [3.05, 3.63) is 0 Å². The molecule has 0 amide bonds. The van der Waals surface area contributed by atoms with E-state index in [4.69, 9.17) is 0 Å². The predicted molar refractivity (Wildman–Crippen MR) is 78.9 cm³/mol. The van der Waals surface area contributed by atoms with Crippen molar-refractivity contribution in [2.24, 2.45) is 11.8 Å². The molecule has 1 saturated heterocycles. The van der Waals surface area contributed by atoms with E-state index < -0.39 is 0 Å². The van der Waals surface area contributed by atoms with Gasteiger partial charge in [-0.1, -0.05) is 20.8 Å². The molecule has 0 bridgehead atoms. The summed E-state index contributed by atoms with van der Waals surface area (Å²) in [5, 5.41) is 3.86. The Bertz CT molecular complexity index is 225. The van der Waals surface area contributed by atoms with Gasteiger partial charge in [-0.25, -0.2) is 0 Å². The minimum Gasteiger partial charge on any atom is -0.312 e. The van der Waals surface area contributed by atoms with Crippen LogP contribution in [-0.2, 0) is 0 Å². The maximum Gasteiger partial charge on any atom is 0.0243 e. The van der Waals surface area contributed by atoms with Gasteiger partial charge < -0.3 is 5.32 Å². The van der Waals surface area contributed by atoms with Gasteiger partial charge in [0, 0.05) is 18.6 Å². The fraction of sp³-hybridized carbons (Fsp3) is 1.00. The molecular weight excluding hydrogens is 220 g/mol. The van der Waals surface area contributed by atoms with Gasteiger partial charge in [-0.2, -0.15) is 0 Å². The van der Waals surface area contributed by atoms with Crippen LogP contribution in [0.25, 0.3) is 0 Å². The van der Waals surface area contributed by atoms with E-state index in [2.05, 4.69) is 31.0 Å². The topological polar surface area (TPSA) is 15.3 Å². The highest BCUT2D eigenvalue weighted by Gasteiger charge is 2.26. The SMILES string of the molecule is CC1CCC(NCC(C(C)C)N2CCCC2)CC1. The van der Waals surface area contributed by atoms with Crippen molar-refractivity contribution < 1.29 is 0 Å². The molecule has 1 heterocycles. The lowest BCUT2D eigenvalue weighted by Gasteiger charge is -2.34. The van der Waals surface area contributed by atoms with Gasteiger partial charge in [0.1, 0.15) is 0 Å². The zero-order chi connectivity index (χ0) is 13.0. The molecule has 2 rings (SSSR count). The second-order valence-corrected chi connectivity index (χ2v) is 6.92. The van der Waals surface area contributed by atoms with E-state index in [-0.39, 0.29) is 0 Å². The highest BCUT2D eigenvalue weighted by Crippen LogP contribution is 2.24. The molecule has 1 aliphatic heterocycles. The van der Waals surface area contributed by atoms with Crippen molar-refractivity contribution in [1.29, 1.82) is 0 Å². The van der Waals surface area contributed by atoms with Gasteiger partial charge in [0.2, 0.25) is 0 Å². The minimum atomic E-state index is 0.756. The number of nitrogens with one attached hydrogen (secondary N) is 1. The molecule has 2 fully saturated rings. The van der Waals surface area contributed by atoms with Crippen molar-refractivity contribution in [1.82, 2.24) is 10.2 Å². The first-order chi connectivity index (χ1) is 8.66. The van der Waals surface area contributed by atoms with E-state index in [1.54, 1.807) is 0 Å². The van der Waals surface area contributed by atoms with Crippen LogP contribution in [0, 0.1) is 11.8 Å². The molecule has 1 aliphatic carbocycles. The summed E-state index contributed by atoms with van der Waals surface area (Å²) in [6.07, 6.45) is 8.45. The third kappa shape index (κ3) is 3.96. The van der Waals surface area contributed by atoms with Gasteiger partial charge in [0.15, 0.2) is 0 Å². The van der Waals surface area contributed by atoms with Gasteiger partial charge in [-0.05, 0) is 63.5 Å². The van der Waals surface area contributed by atoms with Crippen LogP contribution in [-0.4, -0.2) is 36.6 Å². The van der Waals surface area contributed by atoms with Gasteiger partial charge >= 0.3 is 0 Å². The minimum absolute atomic E-state index is 0.756. The zero-order valence-corrected chi connectivity index (χ0v) is 12.6. The van der Waals surface area contributed by atoms with E-state index in [9.17, 15) is 0 Å². The molecule has 0 aromatic rings. The lowest BCUT2D eigenvalue weighted by Crippen LogP contribution is -2.47. The Morgan fingerprint density at radius 3 is 2.22 bits per heavy atom. The van der Waals surface area contributed by atoms with Gasteiger partial charge in [-0.15, -0.1) is 0 Å². The van der Waals surface area contributed by atoms with E-state index in [0.717, 1.165) is 23.9 Å². The first-order valence-electron chi connectivity index (χ1n) is 8.14. The van der Waals surface area contributed by atoms with E-state index in [1.807, 2.05) is 0 Å². The lowest BCUT2D eigenvalue weighted by molar-refractivity contribution is 0.175. The molecule has 106 valence electrons. The number of hydrogen-bond acceptors (Lipinski definition) is 2. The Morgan fingerprint density at radius 1 is 1.06 bits per heavy atom. The van der Waals surface area contributed by atoms with E-state index >= 15 is 0 Å². The first kappa shape index (κ1) is 14.3. The molecule has 1 N–H and O–H groups in total. The maximum absolute atomic E-state index is 3.86. The molecule has 1 atom stereocenters. The molecule has 0 aromatic heterocycles. The number of likely N-dealkylation sites (tertiary alicyclic amines) is 1. The van der Waals surface area contributed by atoms with Crippen LogP contribution in [0.15, 0.2) is 0 Å². The van der Waals surface area contributed by atoms with E-state index in [0.29, 0.717) is 0 Å². The van der Waals surface area contributed by atoms with Crippen LogP contribution < -0.4 is 5.32 Å². The summed E-state index contributed by atoms with van der Waals surface area (Å²) in [5.41, 5.74) is 0. The van der Waals surface area contributed by atoms with Gasteiger partial charge in [0.05, 0.1) is 0 Å². The smallest absolute Gasteiger partial charge is 0.0243 e. The highest BCUT2D eigenvalue weighted by atomic mass is 15.2. The van der Waals surface area contributed by atoms with Crippen molar-refractivity contribution in [2.45, 2.75) is 71.4 Å². The maximum atomic E-state index is 3.86. The molecule has 2 heteroatoms. The van der Waals surface area contributed by atoms with Crippen molar-refractivity contribution >= 4 is 0 Å². The number of rotatable bonds is 5. The zero-order valence-electron chi connectivity index (χ0n) is 12.6. The number of nitrogens with zero attached hydrogens (tertiary/aromatic N) is 1. The van der Waals surface area contributed by atoms with Gasteiger partial charge in [0.25, 0.3) is 0 Å². The van der Waals surface area contributed by atoms with Gasteiger partial charge in [-0.3, -0.25) is 4.90 Å². The van der Waals surface area contributed by atoms with Crippen LogP contribution in [0.4, 0.5) is 0 Å². The van der Waals surface area contributed by atoms with Crippen molar-refractivity contribution in [3.63, 3.8) is 0 Å². The molecule has 1 unspecified atom stereocenters. The molecule has 18 heavy (non-hydrogen) atoms. The Hall–Kier alpha value is -0.0800. The molecule has 2 aliphatic rings. The van der Waals surface area contributed by atoms with Crippen LogP contribution in [0.1, 0.15) is 59.3 Å². The van der Waals surface area contributed by atoms with Crippen LogP contribution in [0.5, 0.6) is 0 Å². The molecule has 0 aromatic carbocycles. The van der Waals surface area contributed by atoms with E-state index in [1.165, 1.54) is 58.2 Å². The lowest BCUT2D eigenvalue weighted by atomic mass is 9.87. The summed E-state index contributed by atoms with van der Waals surface area (Å²) in [5.74, 6) is 1.74. The third-order valence-electron chi connectivity index (χ3n) is 5.01.